The van der Waals surface area contributed by atoms with Gasteiger partial charge in [-0.2, -0.15) is 0 Å². The number of aromatic amines is 1. The van der Waals surface area contributed by atoms with Crippen LogP contribution in [-0.2, 0) is 11.3 Å². The van der Waals surface area contributed by atoms with Crippen LogP contribution in [0.2, 0.25) is 0 Å². The number of carbonyl (C=O) groups is 2. The molecule has 1 aliphatic heterocycles. The summed E-state index contributed by atoms with van der Waals surface area (Å²) < 4.78 is 0. The van der Waals surface area contributed by atoms with Gasteiger partial charge in [-0.3, -0.25) is 24.3 Å². The number of carboxylic acid groups (broad SMARTS) is 1. The van der Waals surface area contributed by atoms with Crippen LogP contribution >= 0.6 is 0 Å². The molecular formula is C18H23N5O4. The standard InChI is InChI=1S/C17H21N5O2.CH2O2/c1-13-19-11-15(16(23)20-13)17(24)22-7-3-6-21(8-9-22)12-14-4-2-5-18-10-14;2-1-3/h2,4-5,10-11H,3,6-9,12H2,1H3,(H,19,20,23);1H,(H,2,3). The minimum absolute atomic E-state index is 0.112. The average Bonchev–Trinajstić information content (AvgIpc) is 2.88. The van der Waals surface area contributed by atoms with E-state index in [9.17, 15) is 9.59 Å². The van der Waals surface area contributed by atoms with Crippen molar-refractivity contribution in [3.8, 4) is 0 Å². The van der Waals surface area contributed by atoms with Crippen molar-refractivity contribution in [2.45, 2.75) is 19.9 Å². The summed E-state index contributed by atoms with van der Waals surface area (Å²) in [6.07, 6.45) is 5.88. The summed E-state index contributed by atoms with van der Waals surface area (Å²) in [5, 5.41) is 6.89. The smallest absolute Gasteiger partial charge is 0.290 e. The second kappa shape index (κ2) is 10.2. The molecule has 1 fully saturated rings. The quantitative estimate of drug-likeness (QED) is 0.753. The van der Waals surface area contributed by atoms with Gasteiger partial charge in [0.2, 0.25) is 0 Å². The lowest BCUT2D eigenvalue weighted by molar-refractivity contribution is -0.122. The fourth-order valence-electron chi connectivity index (χ4n) is 2.89. The van der Waals surface area contributed by atoms with E-state index in [1.54, 1.807) is 18.0 Å². The largest absolute Gasteiger partial charge is 0.483 e. The highest BCUT2D eigenvalue weighted by Crippen LogP contribution is 2.10. The van der Waals surface area contributed by atoms with Gasteiger partial charge in [0.1, 0.15) is 11.4 Å². The highest BCUT2D eigenvalue weighted by molar-refractivity contribution is 5.93. The molecule has 9 heteroatoms. The summed E-state index contributed by atoms with van der Waals surface area (Å²) >= 11 is 0. The third-order valence-corrected chi connectivity index (χ3v) is 4.16. The highest BCUT2D eigenvalue weighted by atomic mass is 16.3. The van der Waals surface area contributed by atoms with Crippen LogP contribution in [0.25, 0.3) is 0 Å². The molecule has 0 bridgehead atoms. The Morgan fingerprint density at radius 1 is 1.30 bits per heavy atom. The number of aryl methyl sites for hydroxylation is 1. The molecule has 0 aliphatic carbocycles. The summed E-state index contributed by atoms with van der Waals surface area (Å²) in [5.41, 5.74) is 0.904. The maximum Gasteiger partial charge on any atom is 0.290 e. The van der Waals surface area contributed by atoms with E-state index >= 15 is 0 Å². The van der Waals surface area contributed by atoms with Gasteiger partial charge in [0.05, 0.1) is 0 Å². The van der Waals surface area contributed by atoms with Crippen LogP contribution in [0, 0.1) is 6.92 Å². The predicted molar refractivity (Wildman–Crippen MR) is 98.3 cm³/mol. The molecule has 0 spiro atoms. The fourth-order valence-corrected chi connectivity index (χ4v) is 2.89. The van der Waals surface area contributed by atoms with Crippen molar-refractivity contribution >= 4 is 12.4 Å². The molecule has 2 aromatic rings. The normalized spacial score (nSPS) is 14.6. The zero-order valence-corrected chi connectivity index (χ0v) is 15.2. The molecule has 9 nitrogen and oxygen atoms in total. The third kappa shape index (κ3) is 6.00. The zero-order valence-electron chi connectivity index (χ0n) is 15.2. The topological polar surface area (TPSA) is 119 Å². The molecule has 1 amide bonds. The number of pyridine rings is 1. The Morgan fingerprint density at radius 2 is 2.07 bits per heavy atom. The molecule has 1 aliphatic rings. The maximum atomic E-state index is 12.6. The second-order valence-electron chi connectivity index (χ2n) is 6.10. The van der Waals surface area contributed by atoms with Gasteiger partial charge in [0.15, 0.2) is 0 Å². The van der Waals surface area contributed by atoms with Gasteiger partial charge in [-0.25, -0.2) is 4.98 Å². The van der Waals surface area contributed by atoms with E-state index < -0.39 is 0 Å². The van der Waals surface area contributed by atoms with Crippen molar-refractivity contribution in [1.29, 1.82) is 0 Å². The highest BCUT2D eigenvalue weighted by Gasteiger charge is 2.22. The third-order valence-electron chi connectivity index (χ3n) is 4.16. The summed E-state index contributed by atoms with van der Waals surface area (Å²) in [6, 6.07) is 3.98. The summed E-state index contributed by atoms with van der Waals surface area (Å²) in [4.78, 5) is 47.7. The van der Waals surface area contributed by atoms with Crippen molar-refractivity contribution in [3.05, 3.63) is 58.0 Å². The lowest BCUT2D eigenvalue weighted by Crippen LogP contribution is -2.38. The van der Waals surface area contributed by atoms with Gasteiger partial charge in [-0.1, -0.05) is 6.07 Å². The number of hydrogen-bond donors (Lipinski definition) is 2. The first-order chi connectivity index (χ1) is 13.0. The van der Waals surface area contributed by atoms with Gasteiger partial charge in [0.25, 0.3) is 17.9 Å². The number of nitrogens with zero attached hydrogens (tertiary/aromatic N) is 4. The predicted octanol–water partition coefficient (Wildman–Crippen LogP) is 0.522. The van der Waals surface area contributed by atoms with E-state index in [1.165, 1.54) is 6.20 Å². The van der Waals surface area contributed by atoms with Gasteiger partial charge in [-0.05, 0) is 25.0 Å². The van der Waals surface area contributed by atoms with Crippen LogP contribution in [0.4, 0.5) is 0 Å². The van der Waals surface area contributed by atoms with Crippen molar-refractivity contribution in [1.82, 2.24) is 24.8 Å². The molecule has 144 valence electrons. The molecule has 0 radical (unpaired) electrons. The van der Waals surface area contributed by atoms with Gasteiger partial charge in [0, 0.05) is 51.3 Å². The van der Waals surface area contributed by atoms with E-state index in [-0.39, 0.29) is 23.5 Å². The molecule has 0 saturated carbocycles. The summed E-state index contributed by atoms with van der Waals surface area (Å²) in [6.45, 7) is 5.21. The van der Waals surface area contributed by atoms with Crippen molar-refractivity contribution < 1.29 is 14.7 Å². The first-order valence-corrected chi connectivity index (χ1v) is 8.59. The lowest BCUT2D eigenvalue weighted by atomic mass is 10.2. The Balaban J connectivity index is 0.000000817. The van der Waals surface area contributed by atoms with E-state index in [1.807, 2.05) is 12.3 Å². The van der Waals surface area contributed by atoms with Crippen LogP contribution in [0.15, 0.2) is 35.5 Å². The van der Waals surface area contributed by atoms with E-state index in [0.29, 0.717) is 18.9 Å². The molecule has 0 atom stereocenters. The van der Waals surface area contributed by atoms with Crippen LogP contribution in [-0.4, -0.2) is 68.4 Å². The van der Waals surface area contributed by atoms with Crippen LogP contribution in [0.3, 0.4) is 0 Å². The van der Waals surface area contributed by atoms with Crippen molar-refractivity contribution in [2.75, 3.05) is 26.2 Å². The molecular weight excluding hydrogens is 350 g/mol. The average molecular weight is 373 g/mol. The fraction of sp³-hybridized carbons (Fsp3) is 0.389. The monoisotopic (exact) mass is 373 g/mol. The number of aromatic nitrogens is 3. The molecule has 1 saturated heterocycles. The number of H-pyrrole nitrogens is 1. The minimum Gasteiger partial charge on any atom is -0.483 e. The molecule has 3 heterocycles. The molecule has 27 heavy (non-hydrogen) atoms. The van der Waals surface area contributed by atoms with Crippen molar-refractivity contribution in [2.24, 2.45) is 0 Å². The SMILES string of the molecule is Cc1ncc(C(=O)N2CCCN(Cc3cccnc3)CC2)c(=O)[nH]1.O=CO. The summed E-state index contributed by atoms with van der Waals surface area (Å²) in [5.74, 6) is 0.266. The van der Waals surface area contributed by atoms with Crippen LogP contribution < -0.4 is 5.56 Å². The van der Waals surface area contributed by atoms with Crippen LogP contribution in [0.5, 0.6) is 0 Å². The van der Waals surface area contributed by atoms with Gasteiger partial charge in [-0.15, -0.1) is 0 Å². The first-order valence-electron chi connectivity index (χ1n) is 8.59. The van der Waals surface area contributed by atoms with E-state index in [0.717, 1.165) is 31.6 Å². The number of nitrogens with one attached hydrogen (secondary N) is 1. The number of amides is 1. The number of carbonyl (C=O) groups excluding carboxylic acids is 1. The van der Waals surface area contributed by atoms with Crippen molar-refractivity contribution in [3.63, 3.8) is 0 Å². The molecule has 2 aromatic heterocycles. The maximum absolute atomic E-state index is 12.6. The Morgan fingerprint density at radius 3 is 2.74 bits per heavy atom. The molecule has 3 rings (SSSR count). The minimum atomic E-state index is -0.371. The van der Waals surface area contributed by atoms with Gasteiger partial charge >= 0.3 is 0 Å². The second-order valence-corrected chi connectivity index (χ2v) is 6.10. The zero-order chi connectivity index (χ0) is 19.6. The number of hydrogen-bond acceptors (Lipinski definition) is 6. The number of rotatable bonds is 3. The molecule has 0 aromatic carbocycles. The molecule has 0 unspecified atom stereocenters. The Labute approximate surface area is 156 Å². The Bertz CT molecular complexity index is 809. The Hall–Kier alpha value is -3.07. The van der Waals surface area contributed by atoms with E-state index in [2.05, 4.69) is 25.9 Å². The van der Waals surface area contributed by atoms with E-state index in [4.69, 9.17) is 9.90 Å². The first kappa shape index (κ1) is 20.2. The Kier molecular flexibility index (Phi) is 7.63. The van der Waals surface area contributed by atoms with Crippen LogP contribution in [0.1, 0.15) is 28.2 Å². The van der Waals surface area contributed by atoms with Gasteiger partial charge < -0.3 is 15.0 Å². The molecule has 2 N–H and O–H groups in total. The lowest BCUT2D eigenvalue weighted by Gasteiger charge is -2.21. The summed E-state index contributed by atoms with van der Waals surface area (Å²) in [7, 11) is 0.